The van der Waals surface area contributed by atoms with E-state index in [1.54, 1.807) is 24.5 Å². The van der Waals surface area contributed by atoms with Gasteiger partial charge in [-0.3, -0.25) is 9.78 Å². The SMILES string of the molecule is C=CC(=O)Nc1ccc(O)cc1Cc1ccncc1. The van der Waals surface area contributed by atoms with Crippen molar-refractivity contribution in [2.75, 3.05) is 5.32 Å². The van der Waals surface area contributed by atoms with E-state index >= 15 is 0 Å². The number of nitrogens with zero attached hydrogens (tertiary/aromatic N) is 1. The molecule has 96 valence electrons. The smallest absolute Gasteiger partial charge is 0.247 e. The first-order valence-corrected chi connectivity index (χ1v) is 5.83. The molecule has 2 aromatic rings. The average molecular weight is 254 g/mol. The lowest BCUT2D eigenvalue weighted by molar-refractivity contribution is -0.111. The predicted molar refractivity (Wildman–Crippen MR) is 74.0 cm³/mol. The van der Waals surface area contributed by atoms with Crippen molar-refractivity contribution in [1.29, 1.82) is 0 Å². The van der Waals surface area contributed by atoms with Crippen LogP contribution in [0.1, 0.15) is 11.1 Å². The van der Waals surface area contributed by atoms with E-state index in [2.05, 4.69) is 16.9 Å². The maximum absolute atomic E-state index is 11.4. The number of amides is 1. The van der Waals surface area contributed by atoms with Crippen LogP contribution in [0.3, 0.4) is 0 Å². The molecule has 0 fully saturated rings. The molecule has 0 aliphatic rings. The van der Waals surface area contributed by atoms with Gasteiger partial charge in [0.25, 0.3) is 0 Å². The van der Waals surface area contributed by atoms with Gasteiger partial charge in [0, 0.05) is 18.1 Å². The van der Waals surface area contributed by atoms with Crippen LogP contribution >= 0.6 is 0 Å². The highest BCUT2D eigenvalue weighted by Crippen LogP contribution is 2.24. The summed E-state index contributed by atoms with van der Waals surface area (Å²) in [5, 5.41) is 12.3. The molecule has 1 aromatic carbocycles. The van der Waals surface area contributed by atoms with E-state index in [0.29, 0.717) is 12.1 Å². The summed E-state index contributed by atoms with van der Waals surface area (Å²) in [6.07, 6.45) is 5.23. The Morgan fingerprint density at radius 2 is 2.05 bits per heavy atom. The van der Waals surface area contributed by atoms with E-state index in [-0.39, 0.29) is 11.7 Å². The molecule has 0 spiro atoms. The second-order valence-electron chi connectivity index (χ2n) is 4.07. The zero-order valence-electron chi connectivity index (χ0n) is 10.3. The van der Waals surface area contributed by atoms with Crippen molar-refractivity contribution in [3.8, 4) is 5.75 Å². The lowest BCUT2D eigenvalue weighted by Crippen LogP contribution is -2.09. The fourth-order valence-electron chi connectivity index (χ4n) is 1.75. The lowest BCUT2D eigenvalue weighted by atomic mass is 10.0. The molecule has 4 nitrogen and oxygen atoms in total. The largest absolute Gasteiger partial charge is 0.508 e. The number of pyridine rings is 1. The molecule has 1 amide bonds. The first kappa shape index (κ1) is 12.8. The molecule has 0 aliphatic heterocycles. The maximum Gasteiger partial charge on any atom is 0.247 e. The quantitative estimate of drug-likeness (QED) is 0.651. The number of carbonyl (C=O) groups excluding carboxylic acids is 1. The lowest BCUT2D eigenvalue weighted by Gasteiger charge is -2.10. The van der Waals surface area contributed by atoms with Crippen molar-refractivity contribution in [1.82, 2.24) is 4.98 Å². The topological polar surface area (TPSA) is 62.2 Å². The Morgan fingerprint density at radius 3 is 2.74 bits per heavy atom. The van der Waals surface area contributed by atoms with E-state index in [1.165, 1.54) is 12.1 Å². The van der Waals surface area contributed by atoms with Crippen molar-refractivity contribution in [3.05, 3.63) is 66.5 Å². The number of aromatic nitrogens is 1. The number of benzene rings is 1. The Morgan fingerprint density at radius 1 is 1.32 bits per heavy atom. The van der Waals surface area contributed by atoms with Gasteiger partial charge in [0.2, 0.25) is 5.91 Å². The molecule has 0 saturated carbocycles. The third kappa shape index (κ3) is 3.42. The third-order valence-electron chi connectivity index (χ3n) is 2.68. The molecule has 0 radical (unpaired) electrons. The Labute approximate surface area is 111 Å². The second-order valence-corrected chi connectivity index (χ2v) is 4.07. The van der Waals surface area contributed by atoms with Crippen LogP contribution < -0.4 is 5.32 Å². The van der Waals surface area contributed by atoms with Crippen LogP contribution in [0.2, 0.25) is 0 Å². The highest BCUT2D eigenvalue weighted by molar-refractivity contribution is 5.99. The van der Waals surface area contributed by atoms with Crippen LogP contribution in [-0.4, -0.2) is 16.0 Å². The zero-order chi connectivity index (χ0) is 13.7. The summed E-state index contributed by atoms with van der Waals surface area (Å²) in [6.45, 7) is 3.42. The minimum atomic E-state index is -0.276. The summed E-state index contributed by atoms with van der Waals surface area (Å²) < 4.78 is 0. The third-order valence-corrected chi connectivity index (χ3v) is 2.68. The molecule has 0 atom stereocenters. The fourth-order valence-corrected chi connectivity index (χ4v) is 1.75. The normalized spacial score (nSPS) is 9.89. The van der Waals surface area contributed by atoms with E-state index in [1.807, 2.05) is 12.1 Å². The van der Waals surface area contributed by atoms with E-state index in [4.69, 9.17) is 0 Å². The van der Waals surface area contributed by atoms with Gasteiger partial charge in [-0.1, -0.05) is 6.58 Å². The highest BCUT2D eigenvalue weighted by Gasteiger charge is 2.07. The number of nitrogens with one attached hydrogen (secondary N) is 1. The van der Waals surface area contributed by atoms with Gasteiger partial charge in [0.1, 0.15) is 5.75 Å². The monoisotopic (exact) mass is 254 g/mol. The molecule has 19 heavy (non-hydrogen) atoms. The van der Waals surface area contributed by atoms with Gasteiger partial charge in [-0.2, -0.15) is 0 Å². The first-order valence-electron chi connectivity index (χ1n) is 5.83. The molecule has 4 heteroatoms. The van der Waals surface area contributed by atoms with Crippen LogP contribution in [0.4, 0.5) is 5.69 Å². The molecule has 0 bridgehead atoms. The zero-order valence-corrected chi connectivity index (χ0v) is 10.3. The van der Waals surface area contributed by atoms with Crippen molar-refractivity contribution >= 4 is 11.6 Å². The maximum atomic E-state index is 11.4. The van der Waals surface area contributed by atoms with E-state index in [0.717, 1.165) is 11.1 Å². The summed E-state index contributed by atoms with van der Waals surface area (Å²) in [4.78, 5) is 15.3. The van der Waals surface area contributed by atoms with Gasteiger partial charge < -0.3 is 10.4 Å². The number of anilines is 1. The molecule has 1 heterocycles. The molecular weight excluding hydrogens is 240 g/mol. The van der Waals surface area contributed by atoms with E-state index in [9.17, 15) is 9.90 Å². The van der Waals surface area contributed by atoms with Crippen LogP contribution in [0.5, 0.6) is 5.75 Å². The summed E-state index contributed by atoms with van der Waals surface area (Å²) in [5.74, 6) is -0.109. The van der Waals surface area contributed by atoms with Crippen molar-refractivity contribution in [2.45, 2.75) is 6.42 Å². The van der Waals surface area contributed by atoms with Crippen molar-refractivity contribution < 1.29 is 9.90 Å². The average Bonchev–Trinajstić information content (AvgIpc) is 2.43. The second kappa shape index (κ2) is 5.82. The van der Waals surface area contributed by atoms with Gasteiger partial charge in [-0.15, -0.1) is 0 Å². The number of phenols is 1. The van der Waals surface area contributed by atoms with Gasteiger partial charge in [-0.05, 0) is 54.0 Å². The Kier molecular flexibility index (Phi) is 3.93. The Balaban J connectivity index is 2.29. The van der Waals surface area contributed by atoms with Gasteiger partial charge in [0.15, 0.2) is 0 Å². The summed E-state index contributed by atoms with van der Waals surface area (Å²) in [7, 11) is 0. The number of aromatic hydroxyl groups is 1. The number of hydrogen-bond donors (Lipinski definition) is 2. The van der Waals surface area contributed by atoms with Crippen LogP contribution in [-0.2, 0) is 11.2 Å². The van der Waals surface area contributed by atoms with Crippen LogP contribution in [0.25, 0.3) is 0 Å². The number of hydrogen-bond acceptors (Lipinski definition) is 3. The van der Waals surface area contributed by atoms with Crippen LogP contribution in [0, 0.1) is 0 Å². The van der Waals surface area contributed by atoms with Gasteiger partial charge in [-0.25, -0.2) is 0 Å². The van der Waals surface area contributed by atoms with Crippen molar-refractivity contribution in [2.24, 2.45) is 0 Å². The fraction of sp³-hybridized carbons (Fsp3) is 0.0667. The Hall–Kier alpha value is -2.62. The first-order chi connectivity index (χ1) is 9.19. The number of rotatable bonds is 4. The predicted octanol–water partition coefficient (Wildman–Crippen LogP) is 2.50. The molecule has 0 unspecified atom stereocenters. The molecule has 0 saturated heterocycles. The summed E-state index contributed by atoms with van der Waals surface area (Å²) in [6, 6.07) is 8.63. The molecule has 2 N–H and O–H groups in total. The number of phenolic OH excluding ortho intramolecular Hbond substituents is 1. The highest BCUT2D eigenvalue weighted by atomic mass is 16.3. The van der Waals surface area contributed by atoms with Crippen molar-refractivity contribution in [3.63, 3.8) is 0 Å². The summed E-state index contributed by atoms with van der Waals surface area (Å²) in [5.41, 5.74) is 2.55. The standard InChI is InChI=1S/C15H14N2O2/c1-2-15(19)17-14-4-3-13(18)10-12(14)9-11-5-7-16-8-6-11/h2-8,10,18H,1,9H2,(H,17,19). The molecule has 2 rings (SSSR count). The van der Waals surface area contributed by atoms with Crippen LogP contribution in [0.15, 0.2) is 55.4 Å². The Bertz CT molecular complexity index is 594. The van der Waals surface area contributed by atoms with Gasteiger partial charge >= 0.3 is 0 Å². The van der Waals surface area contributed by atoms with E-state index < -0.39 is 0 Å². The molecular formula is C15H14N2O2. The molecule has 0 aliphatic carbocycles. The number of carbonyl (C=O) groups is 1. The minimum absolute atomic E-state index is 0.167. The molecule has 1 aromatic heterocycles. The van der Waals surface area contributed by atoms with Gasteiger partial charge in [0.05, 0.1) is 0 Å². The minimum Gasteiger partial charge on any atom is -0.508 e. The summed E-state index contributed by atoms with van der Waals surface area (Å²) >= 11 is 0.